The summed E-state index contributed by atoms with van der Waals surface area (Å²) in [5.41, 5.74) is 2.25. The van der Waals surface area contributed by atoms with E-state index in [9.17, 15) is 0 Å². The van der Waals surface area contributed by atoms with Gasteiger partial charge in [0, 0.05) is 19.6 Å². The van der Waals surface area contributed by atoms with E-state index in [2.05, 4.69) is 35.3 Å². The van der Waals surface area contributed by atoms with Crippen LogP contribution in [0, 0.1) is 0 Å². The highest BCUT2D eigenvalue weighted by Gasteiger charge is 2.11. The fourth-order valence-corrected chi connectivity index (χ4v) is 1.97. The van der Waals surface area contributed by atoms with Crippen molar-refractivity contribution in [2.24, 2.45) is 0 Å². The predicted molar refractivity (Wildman–Crippen MR) is 75.3 cm³/mol. The lowest BCUT2D eigenvalue weighted by Gasteiger charge is -2.25. The molecule has 0 amide bonds. The lowest BCUT2D eigenvalue weighted by atomic mass is 10.1. The van der Waals surface area contributed by atoms with Crippen molar-refractivity contribution >= 4 is 5.69 Å². The van der Waals surface area contributed by atoms with Gasteiger partial charge in [0.25, 0.3) is 0 Å². The summed E-state index contributed by atoms with van der Waals surface area (Å²) in [7, 11) is 1.93. The van der Waals surface area contributed by atoms with Gasteiger partial charge in [-0.2, -0.15) is 0 Å². The van der Waals surface area contributed by atoms with Crippen molar-refractivity contribution in [2.45, 2.75) is 20.4 Å². The van der Waals surface area contributed by atoms with Crippen LogP contribution in [0.2, 0.25) is 0 Å². The minimum atomic E-state index is 0.150. The zero-order chi connectivity index (χ0) is 13.4. The van der Waals surface area contributed by atoms with Gasteiger partial charge in [0.1, 0.15) is 5.75 Å². The number of nitrogens with one attached hydrogen (secondary N) is 1. The Balaban J connectivity index is 3.00. The molecular weight excluding hydrogens is 228 g/mol. The molecule has 1 rings (SSSR count). The van der Waals surface area contributed by atoms with Crippen LogP contribution in [0.5, 0.6) is 5.75 Å². The maximum absolute atomic E-state index is 9.10. The van der Waals surface area contributed by atoms with Crippen LogP contribution in [0.1, 0.15) is 19.4 Å². The van der Waals surface area contributed by atoms with E-state index < -0.39 is 0 Å². The van der Waals surface area contributed by atoms with Gasteiger partial charge in [0.15, 0.2) is 0 Å². The van der Waals surface area contributed by atoms with Gasteiger partial charge in [-0.3, -0.25) is 0 Å². The van der Waals surface area contributed by atoms with Crippen LogP contribution in [0.4, 0.5) is 5.69 Å². The first-order chi connectivity index (χ1) is 8.76. The summed E-state index contributed by atoms with van der Waals surface area (Å²) < 4.78 is 5.70. The van der Waals surface area contributed by atoms with E-state index in [0.29, 0.717) is 13.2 Å². The number of benzene rings is 1. The number of aliphatic hydroxyl groups is 1. The van der Waals surface area contributed by atoms with Crippen LogP contribution in [-0.4, -0.2) is 38.5 Å². The summed E-state index contributed by atoms with van der Waals surface area (Å²) in [6.45, 7) is 7.16. The molecule has 4 nitrogen and oxygen atoms in total. The number of likely N-dealkylation sites (N-methyl/N-ethyl adjacent to an activating group) is 1. The molecule has 0 saturated carbocycles. The SMILES string of the molecule is CCOc1cc(CNC)ccc1N(CC)CCO. The van der Waals surface area contributed by atoms with Crippen molar-refractivity contribution in [3.05, 3.63) is 23.8 Å². The van der Waals surface area contributed by atoms with Crippen LogP contribution >= 0.6 is 0 Å². The van der Waals surface area contributed by atoms with E-state index >= 15 is 0 Å². The summed E-state index contributed by atoms with van der Waals surface area (Å²) in [6.07, 6.45) is 0. The summed E-state index contributed by atoms with van der Waals surface area (Å²) in [6, 6.07) is 6.22. The minimum absolute atomic E-state index is 0.150. The largest absolute Gasteiger partial charge is 0.492 e. The summed E-state index contributed by atoms with van der Waals surface area (Å²) >= 11 is 0. The first-order valence-corrected chi connectivity index (χ1v) is 6.52. The third-order valence-corrected chi connectivity index (χ3v) is 2.80. The van der Waals surface area contributed by atoms with Crippen LogP contribution in [0.3, 0.4) is 0 Å². The molecule has 0 saturated heterocycles. The molecular formula is C14H24N2O2. The highest BCUT2D eigenvalue weighted by molar-refractivity contribution is 5.59. The van der Waals surface area contributed by atoms with E-state index in [-0.39, 0.29) is 6.61 Å². The third-order valence-electron chi connectivity index (χ3n) is 2.80. The second-order valence-corrected chi connectivity index (χ2v) is 4.07. The molecule has 1 aromatic rings. The molecule has 0 aliphatic heterocycles. The molecule has 0 aliphatic carbocycles. The maximum atomic E-state index is 9.10. The summed E-state index contributed by atoms with van der Waals surface area (Å²) in [4.78, 5) is 2.12. The Hall–Kier alpha value is -1.26. The van der Waals surface area contributed by atoms with E-state index in [1.807, 2.05) is 14.0 Å². The number of aliphatic hydroxyl groups excluding tert-OH is 1. The number of anilines is 1. The van der Waals surface area contributed by atoms with Gasteiger partial charge in [-0.1, -0.05) is 6.07 Å². The van der Waals surface area contributed by atoms with Crippen LogP contribution < -0.4 is 15.0 Å². The van der Waals surface area contributed by atoms with Gasteiger partial charge < -0.3 is 20.1 Å². The van der Waals surface area contributed by atoms with Gasteiger partial charge >= 0.3 is 0 Å². The van der Waals surface area contributed by atoms with Crippen molar-refractivity contribution in [3.8, 4) is 5.75 Å². The van der Waals surface area contributed by atoms with Gasteiger partial charge in [0.05, 0.1) is 18.9 Å². The Morgan fingerprint density at radius 1 is 1.33 bits per heavy atom. The van der Waals surface area contributed by atoms with Crippen LogP contribution in [-0.2, 0) is 6.54 Å². The van der Waals surface area contributed by atoms with Crippen LogP contribution in [0.15, 0.2) is 18.2 Å². The van der Waals surface area contributed by atoms with Crippen molar-refractivity contribution < 1.29 is 9.84 Å². The number of nitrogens with zero attached hydrogens (tertiary/aromatic N) is 1. The monoisotopic (exact) mass is 252 g/mol. The normalized spacial score (nSPS) is 10.4. The van der Waals surface area contributed by atoms with E-state index in [1.54, 1.807) is 0 Å². The van der Waals surface area contributed by atoms with Gasteiger partial charge in [-0.25, -0.2) is 0 Å². The van der Waals surface area contributed by atoms with Crippen LogP contribution in [0.25, 0.3) is 0 Å². The maximum Gasteiger partial charge on any atom is 0.142 e. The molecule has 0 fully saturated rings. The van der Waals surface area contributed by atoms with Gasteiger partial charge in [0.2, 0.25) is 0 Å². The Morgan fingerprint density at radius 2 is 2.11 bits per heavy atom. The van der Waals surface area contributed by atoms with Gasteiger partial charge in [-0.05, 0) is 38.6 Å². The summed E-state index contributed by atoms with van der Waals surface area (Å²) in [5, 5.41) is 12.2. The Labute approximate surface area is 110 Å². The van der Waals surface area contributed by atoms with Gasteiger partial charge in [-0.15, -0.1) is 0 Å². The smallest absolute Gasteiger partial charge is 0.142 e. The Morgan fingerprint density at radius 3 is 2.67 bits per heavy atom. The minimum Gasteiger partial charge on any atom is -0.492 e. The quantitative estimate of drug-likeness (QED) is 0.738. The Kier molecular flexibility index (Phi) is 6.54. The molecule has 2 N–H and O–H groups in total. The number of hydrogen-bond donors (Lipinski definition) is 2. The third kappa shape index (κ3) is 3.89. The second-order valence-electron chi connectivity index (χ2n) is 4.07. The lowest BCUT2D eigenvalue weighted by Crippen LogP contribution is -2.26. The average Bonchev–Trinajstić information content (AvgIpc) is 2.38. The molecule has 0 aromatic heterocycles. The number of hydrogen-bond acceptors (Lipinski definition) is 4. The predicted octanol–water partition coefficient (Wildman–Crippen LogP) is 1.62. The fraction of sp³-hybridized carbons (Fsp3) is 0.571. The van der Waals surface area contributed by atoms with Crippen molar-refractivity contribution in [1.29, 1.82) is 0 Å². The zero-order valence-corrected chi connectivity index (χ0v) is 11.6. The number of ether oxygens (including phenoxy) is 1. The van der Waals surface area contributed by atoms with E-state index in [4.69, 9.17) is 9.84 Å². The molecule has 0 spiro atoms. The molecule has 1 aromatic carbocycles. The highest BCUT2D eigenvalue weighted by atomic mass is 16.5. The Bertz CT molecular complexity index is 356. The molecule has 4 heteroatoms. The summed E-state index contributed by atoms with van der Waals surface area (Å²) in [5.74, 6) is 0.889. The van der Waals surface area contributed by atoms with E-state index in [0.717, 1.165) is 24.5 Å². The first-order valence-electron chi connectivity index (χ1n) is 6.52. The lowest BCUT2D eigenvalue weighted by molar-refractivity contribution is 0.300. The van der Waals surface area contributed by atoms with E-state index in [1.165, 1.54) is 5.56 Å². The molecule has 102 valence electrons. The van der Waals surface area contributed by atoms with Crippen molar-refractivity contribution in [2.75, 3.05) is 38.3 Å². The highest BCUT2D eigenvalue weighted by Crippen LogP contribution is 2.29. The fourth-order valence-electron chi connectivity index (χ4n) is 1.97. The van der Waals surface area contributed by atoms with Crippen molar-refractivity contribution in [3.63, 3.8) is 0 Å². The molecule has 0 heterocycles. The molecule has 0 aliphatic rings. The van der Waals surface area contributed by atoms with Crippen molar-refractivity contribution in [1.82, 2.24) is 5.32 Å². The standard InChI is InChI=1S/C14H24N2O2/c1-4-16(8-9-17)13-7-6-12(11-15-3)10-14(13)18-5-2/h6-7,10,15,17H,4-5,8-9,11H2,1-3H3. The molecule has 18 heavy (non-hydrogen) atoms. The molecule has 0 unspecified atom stereocenters. The molecule has 0 bridgehead atoms. The topological polar surface area (TPSA) is 44.7 Å². The molecule has 0 atom stereocenters. The first kappa shape index (κ1) is 14.8. The molecule has 0 radical (unpaired) electrons. The second kappa shape index (κ2) is 7.95. The zero-order valence-electron chi connectivity index (χ0n) is 11.6. The average molecular weight is 252 g/mol. The number of rotatable bonds is 8.